The van der Waals surface area contributed by atoms with Crippen molar-refractivity contribution < 1.29 is 23.1 Å². The van der Waals surface area contributed by atoms with Crippen LogP contribution < -0.4 is 10.6 Å². The highest BCUT2D eigenvalue weighted by Gasteiger charge is 2.17. The summed E-state index contributed by atoms with van der Waals surface area (Å²) < 4.78 is 23.0. The molecule has 9 heteroatoms. The number of carbonyl (C=O) groups excluding carboxylic acids is 1. The normalized spacial score (nSPS) is 12.7. The van der Waals surface area contributed by atoms with E-state index in [4.69, 9.17) is 16.7 Å². The summed E-state index contributed by atoms with van der Waals surface area (Å²) in [5.41, 5.74) is 0.156. The Kier molecular flexibility index (Phi) is 6.99. The van der Waals surface area contributed by atoms with Crippen LogP contribution in [-0.4, -0.2) is 44.2 Å². The predicted octanol–water partition coefficient (Wildman–Crippen LogP) is 1.52. The molecule has 0 fully saturated rings. The van der Waals surface area contributed by atoms with Gasteiger partial charge in [0.2, 0.25) is 5.91 Å². The number of aliphatic carboxylic acids is 1. The van der Waals surface area contributed by atoms with Gasteiger partial charge in [-0.15, -0.1) is 0 Å². The number of rotatable bonds is 8. The van der Waals surface area contributed by atoms with E-state index in [1.807, 2.05) is 6.92 Å². The van der Waals surface area contributed by atoms with Crippen molar-refractivity contribution in [3.8, 4) is 0 Å². The van der Waals surface area contributed by atoms with Crippen LogP contribution in [0.2, 0.25) is 5.02 Å². The van der Waals surface area contributed by atoms with Crippen LogP contribution in [0.5, 0.6) is 0 Å². The smallest absolute Gasteiger partial charge is 0.320 e. The number of carboxylic acid groups (broad SMARTS) is 1. The minimum absolute atomic E-state index is 0.0274. The lowest BCUT2D eigenvalue weighted by Gasteiger charge is -2.14. The summed E-state index contributed by atoms with van der Waals surface area (Å²) in [6.07, 6.45) is 2.10. The first-order chi connectivity index (χ1) is 10.6. The van der Waals surface area contributed by atoms with Gasteiger partial charge in [-0.2, -0.15) is 0 Å². The quantitative estimate of drug-likeness (QED) is 0.646. The number of amides is 1. The Morgan fingerprint density at radius 3 is 2.52 bits per heavy atom. The monoisotopic (exact) mass is 362 g/mol. The van der Waals surface area contributed by atoms with Crippen molar-refractivity contribution in [1.29, 1.82) is 0 Å². The summed E-state index contributed by atoms with van der Waals surface area (Å²) in [5.74, 6) is -1.54. The van der Waals surface area contributed by atoms with E-state index in [0.29, 0.717) is 12.8 Å². The molecule has 0 aliphatic carbocycles. The molecule has 3 N–H and O–H groups in total. The molecule has 0 bridgehead atoms. The Hall–Kier alpha value is -1.64. The van der Waals surface area contributed by atoms with E-state index in [0.717, 1.165) is 6.26 Å². The molecule has 1 aromatic rings. The fourth-order valence-corrected chi connectivity index (χ4v) is 2.65. The molecule has 0 spiro atoms. The maximum Gasteiger partial charge on any atom is 0.320 e. The number of hydrogen-bond acceptors (Lipinski definition) is 5. The van der Waals surface area contributed by atoms with Crippen molar-refractivity contribution in [1.82, 2.24) is 5.32 Å². The first-order valence-corrected chi connectivity index (χ1v) is 9.17. The van der Waals surface area contributed by atoms with Crippen molar-refractivity contribution in [2.75, 3.05) is 18.1 Å². The molecule has 0 aromatic heterocycles. The minimum atomic E-state index is -3.43. The fraction of sp³-hybridized carbons (Fsp3) is 0.429. The van der Waals surface area contributed by atoms with Crippen LogP contribution in [0, 0.1) is 0 Å². The summed E-state index contributed by atoms with van der Waals surface area (Å²) in [7, 11) is -3.43. The van der Waals surface area contributed by atoms with Gasteiger partial charge in [-0.05, 0) is 24.6 Å². The largest absolute Gasteiger partial charge is 0.480 e. The van der Waals surface area contributed by atoms with Crippen LogP contribution in [0.15, 0.2) is 23.1 Å². The Morgan fingerprint density at radius 2 is 2.00 bits per heavy atom. The number of benzene rings is 1. The maximum absolute atomic E-state index is 11.9. The average molecular weight is 363 g/mol. The van der Waals surface area contributed by atoms with Crippen LogP contribution >= 0.6 is 11.6 Å². The second kappa shape index (κ2) is 8.28. The van der Waals surface area contributed by atoms with Gasteiger partial charge >= 0.3 is 5.97 Å². The molecule has 1 rings (SSSR count). The molecule has 0 radical (unpaired) electrons. The van der Waals surface area contributed by atoms with Crippen molar-refractivity contribution >= 4 is 39.0 Å². The highest BCUT2D eigenvalue weighted by atomic mass is 35.5. The zero-order valence-electron chi connectivity index (χ0n) is 12.8. The van der Waals surface area contributed by atoms with Crippen molar-refractivity contribution in [3.63, 3.8) is 0 Å². The van der Waals surface area contributed by atoms with Crippen molar-refractivity contribution in [2.45, 2.75) is 30.7 Å². The SMILES string of the molecule is CCCC(NCC(=O)Nc1cc(S(C)(=O)=O)ccc1Cl)C(=O)O. The Balaban J connectivity index is 2.76. The van der Waals surface area contributed by atoms with E-state index < -0.39 is 27.8 Å². The van der Waals surface area contributed by atoms with Gasteiger partial charge in [-0.1, -0.05) is 24.9 Å². The summed E-state index contributed by atoms with van der Waals surface area (Å²) in [5, 5.41) is 14.3. The van der Waals surface area contributed by atoms with Gasteiger partial charge in [0.15, 0.2) is 9.84 Å². The summed E-state index contributed by atoms with van der Waals surface area (Å²) in [6.45, 7) is 1.62. The highest BCUT2D eigenvalue weighted by Crippen LogP contribution is 2.25. The first-order valence-electron chi connectivity index (χ1n) is 6.90. The molecule has 7 nitrogen and oxygen atoms in total. The second-order valence-electron chi connectivity index (χ2n) is 5.02. The lowest BCUT2D eigenvalue weighted by molar-refractivity contribution is -0.139. The molecule has 0 saturated heterocycles. The van der Waals surface area contributed by atoms with E-state index in [9.17, 15) is 18.0 Å². The van der Waals surface area contributed by atoms with Crippen LogP contribution in [0.25, 0.3) is 0 Å². The topological polar surface area (TPSA) is 113 Å². The van der Waals surface area contributed by atoms with Crippen molar-refractivity contribution in [3.05, 3.63) is 23.2 Å². The van der Waals surface area contributed by atoms with Crippen LogP contribution in [0.1, 0.15) is 19.8 Å². The van der Waals surface area contributed by atoms with Gasteiger partial charge in [0.25, 0.3) is 0 Å². The molecule has 1 amide bonds. The highest BCUT2D eigenvalue weighted by molar-refractivity contribution is 7.90. The Morgan fingerprint density at radius 1 is 1.35 bits per heavy atom. The van der Waals surface area contributed by atoms with E-state index in [1.165, 1.54) is 18.2 Å². The van der Waals surface area contributed by atoms with Gasteiger partial charge in [0.1, 0.15) is 6.04 Å². The van der Waals surface area contributed by atoms with Gasteiger partial charge < -0.3 is 10.4 Å². The van der Waals surface area contributed by atoms with E-state index >= 15 is 0 Å². The molecular formula is C14H19ClN2O5S. The summed E-state index contributed by atoms with van der Waals surface area (Å²) >= 11 is 5.93. The molecular weight excluding hydrogens is 344 g/mol. The van der Waals surface area contributed by atoms with E-state index in [2.05, 4.69) is 10.6 Å². The predicted molar refractivity (Wildman–Crippen MR) is 87.5 cm³/mol. The number of carbonyl (C=O) groups is 2. The van der Waals surface area contributed by atoms with E-state index in [-0.39, 0.29) is 22.2 Å². The Bertz CT molecular complexity index is 690. The zero-order chi connectivity index (χ0) is 17.6. The molecule has 0 heterocycles. The first kappa shape index (κ1) is 19.4. The number of anilines is 1. The van der Waals surface area contributed by atoms with Crippen molar-refractivity contribution in [2.24, 2.45) is 0 Å². The number of nitrogens with one attached hydrogen (secondary N) is 2. The number of sulfone groups is 1. The van der Waals surface area contributed by atoms with Gasteiger partial charge in [0.05, 0.1) is 22.2 Å². The second-order valence-corrected chi connectivity index (χ2v) is 7.45. The Labute approximate surface area is 139 Å². The zero-order valence-corrected chi connectivity index (χ0v) is 14.4. The molecule has 1 aromatic carbocycles. The molecule has 1 unspecified atom stereocenters. The lowest BCUT2D eigenvalue weighted by atomic mass is 10.2. The maximum atomic E-state index is 11.9. The van der Waals surface area contributed by atoms with Gasteiger partial charge in [0, 0.05) is 6.26 Å². The average Bonchev–Trinajstić information content (AvgIpc) is 2.44. The van der Waals surface area contributed by atoms with Crippen LogP contribution in [0.4, 0.5) is 5.69 Å². The third-order valence-corrected chi connectivity index (χ3v) is 4.46. The standard InChI is InChI=1S/C14H19ClN2O5S/c1-3-4-11(14(19)20)16-8-13(18)17-12-7-9(23(2,21)22)5-6-10(12)15/h5-7,11,16H,3-4,8H2,1-2H3,(H,17,18)(H,19,20). The molecule has 128 valence electrons. The van der Waals surface area contributed by atoms with Crippen LogP contribution in [0.3, 0.4) is 0 Å². The number of halogens is 1. The van der Waals surface area contributed by atoms with E-state index in [1.54, 1.807) is 0 Å². The number of hydrogen-bond donors (Lipinski definition) is 3. The molecule has 0 aliphatic rings. The lowest BCUT2D eigenvalue weighted by Crippen LogP contribution is -2.41. The van der Waals surface area contributed by atoms with Gasteiger partial charge in [-0.3, -0.25) is 14.9 Å². The molecule has 1 atom stereocenters. The third-order valence-electron chi connectivity index (χ3n) is 3.02. The minimum Gasteiger partial charge on any atom is -0.480 e. The number of carboxylic acids is 1. The van der Waals surface area contributed by atoms with Crippen LogP contribution in [-0.2, 0) is 19.4 Å². The third kappa shape index (κ3) is 6.17. The molecule has 0 saturated carbocycles. The summed E-state index contributed by atoms with van der Waals surface area (Å²) in [4.78, 5) is 22.9. The molecule has 0 aliphatic heterocycles. The molecule has 23 heavy (non-hydrogen) atoms. The fourth-order valence-electron chi connectivity index (χ4n) is 1.84. The van der Waals surface area contributed by atoms with Gasteiger partial charge in [-0.25, -0.2) is 8.42 Å². The summed E-state index contributed by atoms with van der Waals surface area (Å²) in [6, 6.07) is 3.16.